The van der Waals surface area contributed by atoms with E-state index in [1.54, 1.807) is 12.1 Å². The Balaban J connectivity index is 1.64. The third kappa shape index (κ3) is 4.35. The zero-order chi connectivity index (χ0) is 17.8. The van der Waals surface area contributed by atoms with Gasteiger partial charge in [0.05, 0.1) is 16.6 Å². The molecule has 1 saturated heterocycles. The predicted octanol–water partition coefficient (Wildman–Crippen LogP) is 5.07. The van der Waals surface area contributed by atoms with Crippen molar-refractivity contribution in [3.63, 3.8) is 0 Å². The van der Waals surface area contributed by atoms with E-state index < -0.39 is 0 Å². The summed E-state index contributed by atoms with van der Waals surface area (Å²) < 4.78 is 0. The van der Waals surface area contributed by atoms with Gasteiger partial charge < -0.3 is 10.2 Å². The molecule has 1 atom stereocenters. The van der Waals surface area contributed by atoms with Crippen LogP contribution in [0.1, 0.15) is 48.7 Å². The molecule has 3 rings (SSSR count). The van der Waals surface area contributed by atoms with Gasteiger partial charge in [-0.3, -0.25) is 4.79 Å². The number of amides is 1. The SMILES string of the molecule is CC1CCN(c2ccc([C@H](C)NC(=O)c3ccccc3Cl)cc2)CC1. The fraction of sp³-hybridized carbons (Fsp3) is 0.381. The summed E-state index contributed by atoms with van der Waals surface area (Å²) in [7, 11) is 0. The summed E-state index contributed by atoms with van der Waals surface area (Å²) >= 11 is 6.10. The third-order valence-corrected chi connectivity index (χ3v) is 5.34. The first-order valence-corrected chi connectivity index (χ1v) is 9.32. The van der Waals surface area contributed by atoms with Gasteiger partial charge in [0.15, 0.2) is 0 Å². The number of nitrogens with zero attached hydrogens (tertiary/aromatic N) is 1. The molecule has 0 aromatic heterocycles. The van der Waals surface area contributed by atoms with Crippen LogP contribution in [0.2, 0.25) is 5.02 Å². The van der Waals surface area contributed by atoms with E-state index in [4.69, 9.17) is 11.6 Å². The number of hydrogen-bond donors (Lipinski definition) is 1. The summed E-state index contributed by atoms with van der Waals surface area (Å²) in [6, 6.07) is 15.6. The van der Waals surface area contributed by atoms with Gasteiger partial charge in [-0.1, -0.05) is 42.8 Å². The molecule has 1 aliphatic heterocycles. The lowest BCUT2D eigenvalue weighted by Gasteiger charge is -2.32. The fourth-order valence-electron chi connectivity index (χ4n) is 3.24. The van der Waals surface area contributed by atoms with Crippen LogP contribution in [0.25, 0.3) is 0 Å². The van der Waals surface area contributed by atoms with E-state index in [0.717, 1.165) is 24.6 Å². The van der Waals surface area contributed by atoms with Crippen LogP contribution in [-0.4, -0.2) is 19.0 Å². The number of carbonyl (C=O) groups is 1. The van der Waals surface area contributed by atoms with Crippen LogP contribution in [0.3, 0.4) is 0 Å². The van der Waals surface area contributed by atoms with Gasteiger partial charge in [0, 0.05) is 18.8 Å². The molecule has 1 heterocycles. The molecular weight excluding hydrogens is 332 g/mol. The first-order chi connectivity index (χ1) is 12.0. The van der Waals surface area contributed by atoms with Crippen molar-refractivity contribution in [2.45, 2.75) is 32.7 Å². The zero-order valence-corrected chi connectivity index (χ0v) is 15.6. The second kappa shape index (κ2) is 7.92. The average Bonchev–Trinajstić information content (AvgIpc) is 2.63. The number of piperidine rings is 1. The van der Waals surface area contributed by atoms with Crippen LogP contribution in [0.4, 0.5) is 5.69 Å². The molecule has 1 fully saturated rings. The Bertz CT molecular complexity index is 721. The van der Waals surface area contributed by atoms with Crippen molar-refractivity contribution in [1.29, 1.82) is 0 Å². The number of rotatable bonds is 4. The number of nitrogens with one attached hydrogen (secondary N) is 1. The quantitative estimate of drug-likeness (QED) is 0.829. The third-order valence-electron chi connectivity index (χ3n) is 5.01. The van der Waals surface area contributed by atoms with E-state index in [2.05, 4.69) is 41.4 Å². The standard InChI is InChI=1S/C21H25ClN2O/c1-15-11-13-24(14-12-15)18-9-7-17(8-10-18)16(2)23-21(25)19-5-3-4-6-20(19)22/h3-10,15-16H,11-14H2,1-2H3,(H,23,25)/t16-/m0/s1. The van der Waals surface area contributed by atoms with Crippen LogP contribution in [0.5, 0.6) is 0 Å². The van der Waals surface area contributed by atoms with E-state index in [1.807, 2.05) is 19.1 Å². The molecule has 0 unspecified atom stereocenters. The van der Waals surface area contributed by atoms with Gasteiger partial charge in [-0.25, -0.2) is 0 Å². The van der Waals surface area contributed by atoms with Gasteiger partial charge in [-0.15, -0.1) is 0 Å². The summed E-state index contributed by atoms with van der Waals surface area (Å²) in [4.78, 5) is 14.8. The number of benzene rings is 2. The minimum absolute atomic E-state index is 0.0702. The molecule has 2 aromatic carbocycles. The van der Waals surface area contributed by atoms with Crippen molar-refractivity contribution in [3.8, 4) is 0 Å². The second-order valence-corrected chi connectivity index (χ2v) is 7.34. The Morgan fingerprint density at radius 3 is 2.40 bits per heavy atom. The number of hydrogen-bond acceptors (Lipinski definition) is 2. The first-order valence-electron chi connectivity index (χ1n) is 8.95. The Labute approximate surface area is 155 Å². The Hall–Kier alpha value is -2.00. The summed E-state index contributed by atoms with van der Waals surface area (Å²) in [6.07, 6.45) is 2.51. The van der Waals surface area contributed by atoms with Crippen LogP contribution in [-0.2, 0) is 0 Å². The monoisotopic (exact) mass is 356 g/mol. The maximum absolute atomic E-state index is 12.4. The smallest absolute Gasteiger partial charge is 0.253 e. The maximum Gasteiger partial charge on any atom is 0.253 e. The van der Waals surface area contributed by atoms with E-state index >= 15 is 0 Å². The molecule has 2 aromatic rings. The molecule has 25 heavy (non-hydrogen) atoms. The predicted molar refractivity (Wildman–Crippen MR) is 104 cm³/mol. The van der Waals surface area contributed by atoms with Gasteiger partial charge in [0.2, 0.25) is 0 Å². The van der Waals surface area contributed by atoms with E-state index in [0.29, 0.717) is 10.6 Å². The van der Waals surface area contributed by atoms with E-state index in [-0.39, 0.29) is 11.9 Å². The lowest BCUT2D eigenvalue weighted by molar-refractivity contribution is 0.0940. The lowest BCUT2D eigenvalue weighted by atomic mass is 9.98. The normalized spacial score (nSPS) is 16.5. The van der Waals surface area contributed by atoms with E-state index in [1.165, 1.54) is 18.5 Å². The lowest BCUT2D eigenvalue weighted by Crippen LogP contribution is -2.32. The molecule has 0 bridgehead atoms. The highest BCUT2D eigenvalue weighted by Crippen LogP contribution is 2.25. The first kappa shape index (κ1) is 17.8. The number of carbonyl (C=O) groups excluding carboxylic acids is 1. The van der Waals surface area contributed by atoms with Gasteiger partial charge in [0.1, 0.15) is 0 Å². The van der Waals surface area contributed by atoms with Gasteiger partial charge in [0.25, 0.3) is 5.91 Å². The molecule has 0 radical (unpaired) electrons. The van der Waals surface area contributed by atoms with Crippen molar-refractivity contribution < 1.29 is 4.79 Å². The highest BCUT2D eigenvalue weighted by Gasteiger charge is 2.17. The van der Waals surface area contributed by atoms with Gasteiger partial charge >= 0.3 is 0 Å². The number of halogens is 1. The topological polar surface area (TPSA) is 32.3 Å². The van der Waals surface area contributed by atoms with Crippen LogP contribution in [0, 0.1) is 5.92 Å². The molecule has 1 N–H and O–H groups in total. The maximum atomic E-state index is 12.4. The summed E-state index contributed by atoms with van der Waals surface area (Å²) in [6.45, 7) is 6.56. The van der Waals surface area contributed by atoms with Crippen molar-refractivity contribution in [1.82, 2.24) is 5.32 Å². The van der Waals surface area contributed by atoms with Crippen molar-refractivity contribution in [2.24, 2.45) is 5.92 Å². The van der Waals surface area contributed by atoms with Crippen molar-refractivity contribution in [3.05, 3.63) is 64.7 Å². The van der Waals surface area contributed by atoms with Crippen LogP contribution in [0.15, 0.2) is 48.5 Å². The molecule has 0 spiro atoms. The van der Waals surface area contributed by atoms with Crippen LogP contribution >= 0.6 is 11.6 Å². The zero-order valence-electron chi connectivity index (χ0n) is 14.8. The Morgan fingerprint density at radius 1 is 1.12 bits per heavy atom. The molecule has 0 saturated carbocycles. The summed E-state index contributed by atoms with van der Waals surface area (Å²) in [5.41, 5.74) is 2.87. The summed E-state index contributed by atoms with van der Waals surface area (Å²) in [5.74, 6) is 0.683. The fourth-order valence-corrected chi connectivity index (χ4v) is 3.47. The highest BCUT2D eigenvalue weighted by molar-refractivity contribution is 6.33. The molecule has 132 valence electrons. The Morgan fingerprint density at radius 2 is 1.76 bits per heavy atom. The average molecular weight is 357 g/mol. The summed E-state index contributed by atoms with van der Waals surface area (Å²) in [5, 5.41) is 3.50. The molecular formula is C21H25ClN2O. The van der Waals surface area contributed by atoms with Gasteiger partial charge in [-0.05, 0) is 55.5 Å². The second-order valence-electron chi connectivity index (χ2n) is 6.94. The van der Waals surface area contributed by atoms with Crippen LogP contribution < -0.4 is 10.2 Å². The van der Waals surface area contributed by atoms with Gasteiger partial charge in [-0.2, -0.15) is 0 Å². The molecule has 1 amide bonds. The largest absolute Gasteiger partial charge is 0.372 e. The molecule has 3 nitrogen and oxygen atoms in total. The molecule has 0 aliphatic carbocycles. The minimum atomic E-state index is -0.146. The van der Waals surface area contributed by atoms with Crippen molar-refractivity contribution >= 4 is 23.2 Å². The van der Waals surface area contributed by atoms with E-state index in [9.17, 15) is 4.79 Å². The highest BCUT2D eigenvalue weighted by atomic mass is 35.5. The Kier molecular flexibility index (Phi) is 5.64. The molecule has 4 heteroatoms. The number of anilines is 1. The minimum Gasteiger partial charge on any atom is -0.372 e. The molecule has 1 aliphatic rings. The van der Waals surface area contributed by atoms with Crippen molar-refractivity contribution in [2.75, 3.05) is 18.0 Å².